The van der Waals surface area contributed by atoms with Crippen LogP contribution in [0.15, 0.2) is 17.1 Å². The molecular formula is C13H21N3O4. The molecule has 0 aliphatic rings. The van der Waals surface area contributed by atoms with Gasteiger partial charge in [-0.1, -0.05) is 0 Å². The van der Waals surface area contributed by atoms with E-state index in [0.29, 0.717) is 18.9 Å². The second-order valence-electron chi connectivity index (χ2n) is 5.11. The normalized spacial score (nSPS) is 11.0. The Labute approximate surface area is 117 Å². The highest BCUT2D eigenvalue weighted by molar-refractivity contribution is 5.66. The molecule has 0 aliphatic carbocycles. The van der Waals surface area contributed by atoms with Gasteiger partial charge in [0.15, 0.2) is 0 Å². The van der Waals surface area contributed by atoms with Gasteiger partial charge in [-0.2, -0.15) is 5.10 Å². The van der Waals surface area contributed by atoms with Crippen molar-refractivity contribution >= 4 is 6.09 Å². The lowest BCUT2D eigenvalue weighted by Crippen LogP contribution is -2.35. The highest BCUT2D eigenvalue weighted by atomic mass is 16.5. The summed E-state index contributed by atoms with van der Waals surface area (Å²) in [7, 11) is 0. The molecule has 0 aliphatic heterocycles. The first kappa shape index (κ1) is 16.0. The molecule has 112 valence electrons. The standard InChI is InChI=1S/C13H21N3O4/c1-5-19-12(18)14-6-7-20-10-8-11(17)16(15-9-10)13(2,3)4/h8-9H,5-7H2,1-4H3,(H,14,18). The molecule has 0 atom stereocenters. The van der Waals surface area contributed by atoms with Crippen LogP contribution in [0, 0.1) is 0 Å². The number of carbonyl (C=O) groups is 1. The predicted octanol–water partition coefficient (Wildman–Crippen LogP) is 1.12. The maximum atomic E-state index is 11.8. The first-order valence-electron chi connectivity index (χ1n) is 6.48. The summed E-state index contributed by atoms with van der Waals surface area (Å²) in [6.45, 7) is 8.26. The minimum atomic E-state index is -0.489. The van der Waals surface area contributed by atoms with Gasteiger partial charge in [0, 0.05) is 6.07 Å². The summed E-state index contributed by atoms with van der Waals surface area (Å²) >= 11 is 0. The molecule has 0 bridgehead atoms. The van der Waals surface area contributed by atoms with Crippen molar-refractivity contribution in [2.24, 2.45) is 0 Å². The lowest BCUT2D eigenvalue weighted by atomic mass is 10.1. The minimum Gasteiger partial charge on any atom is -0.490 e. The van der Waals surface area contributed by atoms with E-state index in [1.54, 1.807) is 6.92 Å². The van der Waals surface area contributed by atoms with Gasteiger partial charge in [0.25, 0.3) is 5.56 Å². The van der Waals surface area contributed by atoms with E-state index in [1.807, 2.05) is 20.8 Å². The number of hydrogen-bond donors (Lipinski definition) is 1. The summed E-state index contributed by atoms with van der Waals surface area (Å²) in [6, 6.07) is 1.38. The molecule has 0 aromatic carbocycles. The van der Waals surface area contributed by atoms with Gasteiger partial charge in [0.1, 0.15) is 12.4 Å². The van der Waals surface area contributed by atoms with Gasteiger partial charge in [-0.05, 0) is 27.7 Å². The summed E-state index contributed by atoms with van der Waals surface area (Å²) in [6.07, 6.45) is 0.995. The fourth-order valence-corrected chi connectivity index (χ4v) is 1.48. The van der Waals surface area contributed by atoms with Gasteiger partial charge in [-0.15, -0.1) is 0 Å². The van der Waals surface area contributed by atoms with E-state index in [-0.39, 0.29) is 17.7 Å². The Morgan fingerprint density at radius 3 is 2.70 bits per heavy atom. The van der Waals surface area contributed by atoms with Crippen LogP contribution in [0.4, 0.5) is 4.79 Å². The topological polar surface area (TPSA) is 82.4 Å². The summed E-state index contributed by atoms with van der Waals surface area (Å²) in [5.74, 6) is 0.376. The van der Waals surface area contributed by atoms with E-state index in [2.05, 4.69) is 10.4 Å². The van der Waals surface area contributed by atoms with Crippen LogP contribution in [-0.4, -0.2) is 35.6 Å². The van der Waals surface area contributed by atoms with Crippen molar-refractivity contribution in [1.29, 1.82) is 0 Å². The average Bonchev–Trinajstić information content (AvgIpc) is 2.33. The molecule has 1 rings (SSSR count). The number of alkyl carbamates (subject to hydrolysis) is 1. The van der Waals surface area contributed by atoms with Gasteiger partial charge in [-0.25, -0.2) is 9.48 Å². The predicted molar refractivity (Wildman–Crippen MR) is 74.0 cm³/mol. The molecule has 1 heterocycles. The lowest BCUT2D eigenvalue weighted by molar-refractivity contribution is 0.150. The van der Waals surface area contributed by atoms with Crippen molar-refractivity contribution in [3.63, 3.8) is 0 Å². The van der Waals surface area contributed by atoms with Crippen LogP contribution in [0.2, 0.25) is 0 Å². The van der Waals surface area contributed by atoms with Crippen molar-refractivity contribution in [1.82, 2.24) is 15.1 Å². The number of hydrogen-bond acceptors (Lipinski definition) is 5. The number of aromatic nitrogens is 2. The van der Waals surface area contributed by atoms with E-state index in [1.165, 1.54) is 16.9 Å². The van der Waals surface area contributed by atoms with Crippen molar-refractivity contribution in [2.45, 2.75) is 33.2 Å². The number of ether oxygens (including phenoxy) is 2. The third-order valence-electron chi connectivity index (χ3n) is 2.33. The van der Waals surface area contributed by atoms with Gasteiger partial charge in [0.2, 0.25) is 0 Å². The first-order valence-corrected chi connectivity index (χ1v) is 6.48. The van der Waals surface area contributed by atoms with Gasteiger partial charge >= 0.3 is 6.09 Å². The van der Waals surface area contributed by atoms with E-state index in [0.717, 1.165) is 0 Å². The number of nitrogens with one attached hydrogen (secondary N) is 1. The van der Waals surface area contributed by atoms with Crippen LogP contribution in [0.3, 0.4) is 0 Å². The van der Waals surface area contributed by atoms with Gasteiger partial charge in [0.05, 0.1) is 24.9 Å². The Hall–Kier alpha value is -2.05. The summed E-state index contributed by atoms with van der Waals surface area (Å²) < 4.78 is 11.4. The molecule has 0 saturated heterocycles. The molecule has 7 nitrogen and oxygen atoms in total. The SMILES string of the molecule is CCOC(=O)NCCOc1cnn(C(C)(C)C)c(=O)c1. The quantitative estimate of drug-likeness (QED) is 0.819. The molecule has 0 unspecified atom stereocenters. The van der Waals surface area contributed by atoms with E-state index < -0.39 is 6.09 Å². The Balaban J connectivity index is 2.48. The van der Waals surface area contributed by atoms with E-state index >= 15 is 0 Å². The Morgan fingerprint density at radius 2 is 2.15 bits per heavy atom. The zero-order valence-corrected chi connectivity index (χ0v) is 12.3. The third kappa shape index (κ3) is 4.91. The molecular weight excluding hydrogens is 262 g/mol. The van der Waals surface area contributed by atoms with Crippen molar-refractivity contribution in [3.05, 3.63) is 22.6 Å². The van der Waals surface area contributed by atoms with E-state index in [9.17, 15) is 9.59 Å². The second kappa shape index (κ2) is 6.93. The average molecular weight is 283 g/mol. The zero-order chi connectivity index (χ0) is 15.2. The summed E-state index contributed by atoms with van der Waals surface area (Å²) in [5, 5.41) is 6.57. The molecule has 0 fully saturated rings. The highest BCUT2D eigenvalue weighted by Crippen LogP contribution is 2.10. The van der Waals surface area contributed by atoms with Gasteiger partial charge < -0.3 is 14.8 Å². The fraction of sp³-hybridized carbons (Fsp3) is 0.615. The number of rotatable bonds is 5. The largest absolute Gasteiger partial charge is 0.490 e. The molecule has 0 saturated carbocycles. The van der Waals surface area contributed by atoms with Crippen LogP contribution >= 0.6 is 0 Å². The Kier molecular flexibility index (Phi) is 5.54. The maximum absolute atomic E-state index is 11.8. The number of carbonyl (C=O) groups excluding carboxylic acids is 1. The highest BCUT2D eigenvalue weighted by Gasteiger charge is 2.15. The molecule has 0 radical (unpaired) electrons. The van der Waals surface area contributed by atoms with Crippen LogP contribution in [-0.2, 0) is 10.3 Å². The zero-order valence-electron chi connectivity index (χ0n) is 12.3. The molecule has 1 N–H and O–H groups in total. The molecule has 1 aromatic heterocycles. The molecule has 1 aromatic rings. The maximum Gasteiger partial charge on any atom is 0.407 e. The molecule has 7 heteroatoms. The minimum absolute atomic E-state index is 0.228. The van der Waals surface area contributed by atoms with Crippen LogP contribution in [0.25, 0.3) is 0 Å². The van der Waals surface area contributed by atoms with Crippen LogP contribution < -0.4 is 15.6 Å². The fourth-order valence-electron chi connectivity index (χ4n) is 1.48. The van der Waals surface area contributed by atoms with Crippen molar-refractivity contribution in [2.75, 3.05) is 19.8 Å². The summed E-state index contributed by atoms with van der Waals surface area (Å²) in [4.78, 5) is 22.9. The molecule has 0 spiro atoms. The van der Waals surface area contributed by atoms with Gasteiger partial charge in [-0.3, -0.25) is 4.79 Å². The third-order valence-corrected chi connectivity index (χ3v) is 2.33. The molecule has 1 amide bonds. The molecule has 20 heavy (non-hydrogen) atoms. The monoisotopic (exact) mass is 283 g/mol. The second-order valence-corrected chi connectivity index (χ2v) is 5.11. The van der Waals surface area contributed by atoms with Crippen molar-refractivity contribution < 1.29 is 14.3 Å². The Morgan fingerprint density at radius 1 is 1.45 bits per heavy atom. The van der Waals surface area contributed by atoms with Crippen molar-refractivity contribution in [3.8, 4) is 5.75 Å². The number of nitrogens with zero attached hydrogens (tertiary/aromatic N) is 2. The van der Waals surface area contributed by atoms with Crippen LogP contribution in [0.5, 0.6) is 5.75 Å². The first-order chi connectivity index (χ1) is 9.34. The lowest BCUT2D eigenvalue weighted by Gasteiger charge is -2.20. The van der Waals surface area contributed by atoms with Crippen LogP contribution in [0.1, 0.15) is 27.7 Å². The van der Waals surface area contributed by atoms with E-state index in [4.69, 9.17) is 9.47 Å². The Bertz CT molecular complexity index is 505. The summed E-state index contributed by atoms with van der Waals surface area (Å²) in [5.41, 5.74) is -0.602. The smallest absolute Gasteiger partial charge is 0.407 e. The number of amides is 1.